The van der Waals surface area contributed by atoms with Gasteiger partial charge in [0.2, 0.25) is 10.0 Å². The van der Waals surface area contributed by atoms with Crippen molar-refractivity contribution >= 4 is 21.1 Å². The minimum Gasteiger partial charge on any atom is -0.285 e. The van der Waals surface area contributed by atoms with Crippen LogP contribution in [0.25, 0.3) is 16.9 Å². The molecular weight excluding hydrogens is 302 g/mol. The summed E-state index contributed by atoms with van der Waals surface area (Å²) in [7, 11) is -1.69. The van der Waals surface area contributed by atoms with Gasteiger partial charge in [0.15, 0.2) is 0 Å². The van der Waals surface area contributed by atoms with E-state index >= 15 is 0 Å². The molecule has 0 unspecified atom stereocenters. The van der Waals surface area contributed by atoms with Crippen molar-refractivity contribution in [3.8, 4) is 5.82 Å². The quantitative estimate of drug-likeness (QED) is 0.772. The number of nitrogens with zero attached hydrogens (tertiary/aromatic N) is 4. The molecule has 8 heteroatoms. The molecule has 0 amide bonds. The highest BCUT2D eigenvalue weighted by molar-refractivity contribution is 7.89. The molecule has 0 radical (unpaired) electrons. The van der Waals surface area contributed by atoms with Gasteiger partial charge in [0, 0.05) is 30.4 Å². The first-order valence-corrected chi connectivity index (χ1v) is 8.54. The Balaban J connectivity index is 2.14. The molecule has 0 fully saturated rings. The van der Waals surface area contributed by atoms with Gasteiger partial charge in [-0.05, 0) is 31.5 Å². The summed E-state index contributed by atoms with van der Waals surface area (Å²) in [5.41, 5.74) is 2.46. The van der Waals surface area contributed by atoms with Gasteiger partial charge in [-0.3, -0.25) is 9.25 Å². The molecule has 0 aromatic carbocycles. The van der Waals surface area contributed by atoms with Crippen LogP contribution in [-0.4, -0.2) is 33.5 Å². The fraction of sp³-hybridized carbons (Fsp3) is 0.286. The monoisotopic (exact) mass is 319 g/mol. The standard InChI is InChI=1S/C14H17N5O2S/c1-10-12(6-9-22(15,20)21)14(18(2)17-10)19-8-5-11-4-3-7-16-13(11)19/h3-5,7-8H,6,9H2,1-2H3,(H2,15,20,21). The lowest BCUT2D eigenvalue weighted by Gasteiger charge is -2.09. The molecule has 0 spiro atoms. The Morgan fingerprint density at radius 2 is 2.09 bits per heavy atom. The SMILES string of the molecule is Cc1nn(C)c(-n2ccc3cccnc32)c1CCS(N)(=O)=O. The number of aromatic nitrogens is 4. The molecule has 3 rings (SSSR count). The van der Waals surface area contributed by atoms with E-state index in [0.29, 0.717) is 6.42 Å². The molecular formula is C14H17N5O2S. The summed E-state index contributed by atoms with van der Waals surface area (Å²) in [6.07, 6.45) is 3.96. The van der Waals surface area contributed by atoms with Crippen LogP contribution in [0.2, 0.25) is 0 Å². The molecule has 0 aliphatic rings. The maximum atomic E-state index is 11.3. The predicted octanol–water partition coefficient (Wildman–Crippen LogP) is 0.898. The Bertz CT molecular complexity index is 939. The van der Waals surface area contributed by atoms with Crippen molar-refractivity contribution in [3.63, 3.8) is 0 Å². The largest absolute Gasteiger partial charge is 0.285 e. The van der Waals surface area contributed by atoms with Crippen LogP contribution in [0.1, 0.15) is 11.3 Å². The van der Waals surface area contributed by atoms with E-state index < -0.39 is 10.0 Å². The first kappa shape index (κ1) is 14.7. The van der Waals surface area contributed by atoms with Crippen molar-refractivity contribution in [1.29, 1.82) is 0 Å². The molecule has 0 aliphatic heterocycles. The molecule has 22 heavy (non-hydrogen) atoms. The fourth-order valence-corrected chi connectivity index (χ4v) is 3.15. The average molecular weight is 319 g/mol. The number of primary sulfonamides is 1. The molecule has 0 aliphatic carbocycles. The van der Waals surface area contributed by atoms with Crippen LogP contribution in [0.4, 0.5) is 0 Å². The first-order chi connectivity index (χ1) is 10.4. The molecule has 2 N–H and O–H groups in total. The summed E-state index contributed by atoms with van der Waals surface area (Å²) in [4.78, 5) is 4.40. The summed E-state index contributed by atoms with van der Waals surface area (Å²) in [6.45, 7) is 1.86. The van der Waals surface area contributed by atoms with Gasteiger partial charge in [-0.15, -0.1) is 0 Å². The molecule has 0 saturated carbocycles. The van der Waals surface area contributed by atoms with Crippen molar-refractivity contribution in [2.24, 2.45) is 12.2 Å². The second kappa shape index (κ2) is 5.22. The highest BCUT2D eigenvalue weighted by atomic mass is 32.2. The van der Waals surface area contributed by atoms with Gasteiger partial charge >= 0.3 is 0 Å². The van der Waals surface area contributed by atoms with E-state index in [-0.39, 0.29) is 5.75 Å². The lowest BCUT2D eigenvalue weighted by molar-refractivity contribution is 0.597. The van der Waals surface area contributed by atoms with E-state index in [1.54, 1.807) is 10.9 Å². The third kappa shape index (κ3) is 2.62. The van der Waals surface area contributed by atoms with Crippen LogP contribution in [-0.2, 0) is 23.5 Å². The minimum absolute atomic E-state index is 0.112. The minimum atomic E-state index is -3.52. The molecule has 0 bridgehead atoms. The zero-order valence-corrected chi connectivity index (χ0v) is 13.2. The topological polar surface area (TPSA) is 95.8 Å². The Kier molecular flexibility index (Phi) is 3.50. The van der Waals surface area contributed by atoms with E-state index in [4.69, 9.17) is 5.14 Å². The highest BCUT2D eigenvalue weighted by Crippen LogP contribution is 2.23. The smallest absolute Gasteiger partial charge is 0.209 e. The normalized spacial score (nSPS) is 12.1. The second-order valence-corrected chi connectivity index (χ2v) is 6.96. The number of hydrogen-bond donors (Lipinski definition) is 1. The summed E-state index contributed by atoms with van der Waals surface area (Å²) >= 11 is 0. The second-order valence-electron chi connectivity index (χ2n) is 5.23. The Morgan fingerprint density at radius 3 is 2.82 bits per heavy atom. The van der Waals surface area contributed by atoms with Crippen molar-refractivity contribution < 1.29 is 8.42 Å². The average Bonchev–Trinajstić information content (AvgIpc) is 2.96. The van der Waals surface area contributed by atoms with Crippen molar-refractivity contribution in [3.05, 3.63) is 41.9 Å². The Hall–Kier alpha value is -2.19. The van der Waals surface area contributed by atoms with Gasteiger partial charge < -0.3 is 0 Å². The molecule has 3 aromatic heterocycles. The lowest BCUT2D eigenvalue weighted by atomic mass is 10.2. The van der Waals surface area contributed by atoms with E-state index in [1.165, 1.54) is 0 Å². The Labute approximate surface area is 128 Å². The number of hydrogen-bond acceptors (Lipinski definition) is 4. The van der Waals surface area contributed by atoms with Gasteiger partial charge in [0.1, 0.15) is 11.5 Å². The first-order valence-electron chi connectivity index (χ1n) is 6.82. The van der Waals surface area contributed by atoms with Crippen molar-refractivity contribution in [2.45, 2.75) is 13.3 Å². The maximum Gasteiger partial charge on any atom is 0.209 e. The van der Waals surface area contributed by atoms with Gasteiger partial charge in [-0.2, -0.15) is 5.10 Å². The zero-order chi connectivity index (χ0) is 15.9. The van der Waals surface area contributed by atoms with Crippen molar-refractivity contribution in [2.75, 3.05) is 5.75 Å². The molecule has 7 nitrogen and oxygen atoms in total. The number of pyridine rings is 1. The number of aryl methyl sites for hydroxylation is 2. The van der Waals surface area contributed by atoms with E-state index in [0.717, 1.165) is 28.1 Å². The van der Waals surface area contributed by atoms with Crippen LogP contribution >= 0.6 is 0 Å². The molecule has 3 heterocycles. The number of rotatable bonds is 4. The van der Waals surface area contributed by atoms with Gasteiger partial charge in [-0.25, -0.2) is 18.5 Å². The van der Waals surface area contributed by atoms with Gasteiger partial charge in [0.25, 0.3) is 0 Å². The van der Waals surface area contributed by atoms with Crippen LogP contribution in [0.3, 0.4) is 0 Å². The number of fused-ring (bicyclic) bond motifs is 1. The molecule has 3 aromatic rings. The number of sulfonamides is 1. The van der Waals surface area contributed by atoms with Crippen LogP contribution < -0.4 is 5.14 Å². The Morgan fingerprint density at radius 1 is 1.32 bits per heavy atom. The number of nitrogens with two attached hydrogens (primary N) is 1. The third-order valence-corrected chi connectivity index (χ3v) is 4.40. The van der Waals surface area contributed by atoms with E-state index in [1.807, 2.05) is 42.9 Å². The highest BCUT2D eigenvalue weighted by Gasteiger charge is 2.18. The summed E-state index contributed by atoms with van der Waals surface area (Å²) < 4.78 is 26.2. The fourth-order valence-electron chi connectivity index (χ4n) is 2.67. The summed E-state index contributed by atoms with van der Waals surface area (Å²) in [5, 5.41) is 10.5. The van der Waals surface area contributed by atoms with Crippen LogP contribution in [0, 0.1) is 6.92 Å². The van der Waals surface area contributed by atoms with Crippen molar-refractivity contribution in [1.82, 2.24) is 19.3 Å². The third-order valence-electron chi connectivity index (χ3n) is 3.63. The van der Waals surface area contributed by atoms with Crippen LogP contribution in [0.15, 0.2) is 30.6 Å². The summed E-state index contributed by atoms with van der Waals surface area (Å²) in [5.74, 6) is 0.703. The van der Waals surface area contributed by atoms with E-state index in [2.05, 4.69) is 10.1 Å². The molecule has 0 atom stereocenters. The van der Waals surface area contributed by atoms with Gasteiger partial charge in [-0.1, -0.05) is 0 Å². The summed E-state index contributed by atoms with van der Waals surface area (Å²) in [6, 6.07) is 5.82. The van der Waals surface area contributed by atoms with Crippen LogP contribution in [0.5, 0.6) is 0 Å². The maximum absolute atomic E-state index is 11.3. The zero-order valence-electron chi connectivity index (χ0n) is 12.4. The molecule has 116 valence electrons. The van der Waals surface area contributed by atoms with Gasteiger partial charge in [0.05, 0.1) is 11.4 Å². The lowest BCUT2D eigenvalue weighted by Crippen LogP contribution is -2.18. The van der Waals surface area contributed by atoms with E-state index in [9.17, 15) is 8.42 Å². The molecule has 0 saturated heterocycles. The predicted molar refractivity (Wildman–Crippen MR) is 84.3 cm³/mol.